The molecule has 3 rings (SSSR count). The molecule has 2 aromatic heterocycles. The van der Waals surface area contributed by atoms with Gasteiger partial charge in [-0.25, -0.2) is 4.98 Å². The van der Waals surface area contributed by atoms with Crippen molar-refractivity contribution in [3.63, 3.8) is 0 Å². The number of nitrogens with one attached hydrogen (secondary N) is 2. The van der Waals surface area contributed by atoms with Crippen LogP contribution in [0.4, 0.5) is 5.82 Å². The minimum Gasteiger partial charge on any atom is -0.497 e. The topological polar surface area (TPSA) is 89.1 Å². The molecule has 0 saturated carbocycles. The van der Waals surface area contributed by atoms with Gasteiger partial charge in [-0.3, -0.25) is 9.89 Å². The number of carbonyl (C=O) groups excluding carboxylic acids is 1. The lowest BCUT2D eigenvalue weighted by atomic mass is 10.2. The van der Waals surface area contributed by atoms with Crippen molar-refractivity contribution in [3.05, 3.63) is 41.6 Å². The quantitative estimate of drug-likeness (QED) is 0.773. The number of aromatic nitrogens is 3. The zero-order chi connectivity index (χ0) is 16.4. The lowest BCUT2D eigenvalue weighted by molar-refractivity contribution is 0.102. The van der Waals surface area contributed by atoms with Crippen molar-refractivity contribution in [2.24, 2.45) is 0 Å². The van der Waals surface area contributed by atoms with Crippen LogP contribution in [0.3, 0.4) is 0 Å². The van der Waals surface area contributed by atoms with Crippen LogP contribution in [-0.4, -0.2) is 35.3 Å². The molecular weight excluding hydrogens is 296 g/mol. The molecule has 1 amide bonds. The zero-order valence-corrected chi connectivity index (χ0v) is 13.0. The predicted octanol–water partition coefficient (Wildman–Crippen LogP) is 2.54. The van der Waals surface area contributed by atoms with Crippen molar-refractivity contribution in [3.8, 4) is 11.5 Å². The van der Waals surface area contributed by atoms with Gasteiger partial charge in [0.15, 0.2) is 11.5 Å². The van der Waals surface area contributed by atoms with E-state index in [1.54, 1.807) is 18.2 Å². The third-order valence-electron chi connectivity index (χ3n) is 3.41. The first-order valence-corrected chi connectivity index (χ1v) is 6.97. The summed E-state index contributed by atoms with van der Waals surface area (Å²) < 4.78 is 10.3. The summed E-state index contributed by atoms with van der Waals surface area (Å²) in [5.41, 5.74) is 1.91. The minimum absolute atomic E-state index is 0.309. The van der Waals surface area contributed by atoms with E-state index < -0.39 is 0 Å². The SMILES string of the molecule is COc1cc(OC)cc(C(=O)Nc2n[nH]c3nc(C)ccc23)c1. The number of aromatic amines is 1. The van der Waals surface area contributed by atoms with Crippen molar-refractivity contribution < 1.29 is 14.3 Å². The van der Waals surface area contributed by atoms with Crippen molar-refractivity contribution in [1.82, 2.24) is 15.2 Å². The van der Waals surface area contributed by atoms with Crippen molar-refractivity contribution in [2.45, 2.75) is 6.92 Å². The smallest absolute Gasteiger partial charge is 0.257 e. The Hall–Kier alpha value is -3.09. The molecule has 0 fully saturated rings. The van der Waals surface area contributed by atoms with Gasteiger partial charge in [0, 0.05) is 17.3 Å². The Morgan fingerprint density at radius 3 is 2.48 bits per heavy atom. The summed E-state index contributed by atoms with van der Waals surface area (Å²) in [5, 5.41) is 10.4. The highest BCUT2D eigenvalue weighted by Gasteiger charge is 2.14. The summed E-state index contributed by atoms with van der Waals surface area (Å²) in [7, 11) is 3.07. The summed E-state index contributed by atoms with van der Waals surface area (Å²) in [5.74, 6) is 1.20. The van der Waals surface area contributed by atoms with Gasteiger partial charge in [-0.2, -0.15) is 5.10 Å². The maximum Gasteiger partial charge on any atom is 0.257 e. The molecule has 1 aromatic carbocycles. The third kappa shape index (κ3) is 2.94. The number of anilines is 1. The van der Waals surface area contributed by atoms with Crippen LogP contribution in [0.1, 0.15) is 16.1 Å². The standard InChI is InChI=1S/C16H16N4O3/c1-9-4-5-13-14(17-9)19-20-15(13)18-16(21)10-6-11(22-2)8-12(7-10)23-3/h4-8H,1-3H3,(H2,17,18,19,20,21). The Kier molecular flexibility index (Phi) is 3.84. The number of hydrogen-bond acceptors (Lipinski definition) is 5. The molecule has 2 N–H and O–H groups in total. The Labute approximate surface area is 132 Å². The highest BCUT2D eigenvalue weighted by atomic mass is 16.5. The van der Waals surface area contributed by atoms with Gasteiger partial charge in [0.25, 0.3) is 5.91 Å². The monoisotopic (exact) mass is 312 g/mol. The van der Waals surface area contributed by atoms with E-state index in [0.29, 0.717) is 28.5 Å². The number of aryl methyl sites for hydroxylation is 1. The fourth-order valence-corrected chi connectivity index (χ4v) is 2.22. The summed E-state index contributed by atoms with van der Waals surface area (Å²) >= 11 is 0. The number of rotatable bonds is 4. The molecule has 7 nitrogen and oxygen atoms in total. The molecule has 23 heavy (non-hydrogen) atoms. The van der Waals surface area contributed by atoms with Gasteiger partial charge in [-0.1, -0.05) is 0 Å². The van der Waals surface area contributed by atoms with E-state index >= 15 is 0 Å². The van der Waals surface area contributed by atoms with Gasteiger partial charge in [-0.15, -0.1) is 0 Å². The molecule has 0 aliphatic heterocycles. The molecule has 118 valence electrons. The second-order valence-corrected chi connectivity index (χ2v) is 4.98. The molecule has 0 radical (unpaired) electrons. The maximum atomic E-state index is 12.5. The van der Waals surface area contributed by atoms with E-state index in [0.717, 1.165) is 11.1 Å². The Balaban J connectivity index is 1.91. The molecule has 0 unspecified atom stereocenters. The van der Waals surface area contributed by atoms with E-state index in [1.807, 2.05) is 19.1 Å². The molecule has 0 spiro atoms. The molecule has 7 heteroatoms. The van der Waals surface area contributed by atoms with Gasteiger partial charge in [0.05, 0.1) is 19.6 Å². The zero-order valence-electron chi connectivity index (χ0n) is 13.0. The number of ether oxygens (including phenoxy) is 2. The maximum absolute atomic E-state index is 12.5. The van der Waals surface area contributed by atoms with Gasteiger partial charge in [0.1, 0.15) is 11.5 Å². The first-order valence-electron chi connectivity index (χ1n) is 6.97. The lowest BCUT2D eigenvalue weighted by Gasteiger charge is -2.08. The fourth-order valence-electron chi connectivity index (χ4n) is 2.22. The van der Waals surface area contributed by atoms with Crippen LogP contribution in [0.15, 0.2) is 30.3 Å². The van der Waals surface area contributed by atoms with Crippen molar-refractivity contribution in [1.29, 1.82) is 0 Å². The van der Waals surface area contributed by atoms with Crippen molar-refractivity contribution in [2.75, 3.05) is 19.5 Å². The predicted molar refractivity (Wildman–Crippen MR) is 86.1 cm³/mol. The Bertz CT molecular complexity index is 851. The van der Waals surface area contributed by atoms with Crippen LogP contribution in [0.5, 0.6) is 11.5 Å². The number of carbonyl (C=O) groups is 1. The van der Waals surface area contributed by atoms with Gasteiger partial charge >= 0.3 is 0 Å². The lowest BCUT2D eigenvalue weighted by Crippen LogP contribution is -2.12. The number of H-pyrrole nitrogens is 1. The molecule has 3 aromatic rings. The average Bonchev–Trinajstić information content (AvgIpc) is 2.96. The molecule has 0 aliphatic carbocycles. The van der Waals surface area contributed by atoms with Crippen LogP contribution in [0.25, 0.3) is 11.0 Å². The van der Waals surface area contributed by atoms with Crippen LogP contribution in [-0.2, 0) is 0 Å². The minimum atomic E-state index is -0.309. The number of amides is 1. The first kappa shape index (κ1) is 14.8. The van der Waals surface area contributed by atoms with Crippen LogP contribution >= 0.6 is 0 Å². The number of nitrogens with zero attached hydrogens (tertiary/aromatic N) is 2. The average molecular weight is 312 g/mol. The number of methoxy groups -OCH3 is 2. The second-order valence-electron chi connectivity index (χ2n) is 4.98. The highest BCUT2D eigenvalue weighted by molar-refractivity contribution is 6.07. The molecule has 0 atom stereocenters. The Morgan fingerprint density at radius 1 is 1.13 bits per heavy atom. The molecule has 0 saturated heterocycles. The molecule has 0 aliphatic rings. The molecule has 2 heterocycles. The summed E-state index contributed by atoms with van der Waals surface area (Å²) in [6.07, 6.45) is 0. The van der Waals surface area contributed by atoms with Gasteiger partial charge in [0.2, 0.25) is 0 Å². The number of hydrogen-bond donors (Lipinski definition) is 2. The number of benzene rings is 1. The first-order chi connectivity index (χ1) is 11.1. The summed E-state index contributed by atoms with van der Waals surface area (Å²) in [6.45, 7) is 1.89. The summed E-state index contributed by atoms with van der Waals surface area (Å²) in [6, 6.07) is 8.70. The largest absolute Gasteiger partial charge is 0.497 e. The van der Waals surface area contributed by atoms with E-state index in [2.05, 4.69) is 20.5 Å². The fraction of sp³-hybridized carbons (Fsp3) is 0.188. The van der Waals surface area contributed by atoms with Crippen LogP contribution in [0, 0.1) is 6.92 Å². The van der Waals surface area contributed by atoms with E-state index in [4.69, 9.17) is 9.47 Å². The van der Waals surface area contributed by atoms with Gasteiger partial charge < -0.3 is 14.8 Å². The second kappa shape index (κ2) is 5.96. The number of fused-ring (bicyclic) bond motifs is 1. The van der Waals surface area contributed by atoms with E-state index in [9.17, 15) is 4.79 Å². The van der Waals surface area contributed by atoms with E-state index in [-0.39, 0.29) is 5.91 Å². The highest BCUT2D eigenvalue weighted by Crippen LogP contribution is 2.24. The summed E-state index contributed by atoms with van der Waals surface area (Å²) in [4.78, 5) is 16.8. The van der Waals surface area contributed by atoms with Crippen molar-refractivity contribution >= 4 is 22.8 Å². The Morgan fingerprint density at radius 2 is 1.83 bits per heavy atom. The molecule has 0 bridgehead atoms. The van der Waals surface area contributed by atoms with Crippen LogP contribution < -0.4 is 14.8 Å². The third-order valence-corrected chi connectivity index (χ3v) is 3.41. The number of pyridine rings is 1. The van der Waals surface area contributed by atoms with Gasteiger partial charge in [-0.05, 0) is 31.2 Å². The molecular formula is C16H16N4O3. The van der Waals surface area contributed by atoms with Crippen LogP contribution in [0.2, 0.25) is 0 Å². The van der Waals surface area contributed by atoms with E-state index in [1.165, 1.54) is 14.2 Å². The normalized spacial score (nSPS) is 10.6.